The Hall–Kier alpha value is -2.85. The van der Waals surface area contributed by atoms with Crippen molar-refractivity contribution in [1.29, 1.82) is 0 Å². The Bertz CT molecular complexity index is 989. The van der Waals surface area contributed by atoms with Gasteiger partial charge in [0.1, 0.15) is 19.0 Å². The number of hydrogen-bond donors (Lipinski definition) is 1. The highest BCUT2D eigenvalue weighted by molar-refractivity contribution is 5.90. The van der Waals surface area contributed by atoms with Crippen LogP contribution in [0.2, 0.25) is 0 Å². The molecule has 10 nitrogen and oxygen atoms in total. The maximum absolute atomic E-state index is 11.7. The van der Waals surface area contributed by atoms with Crippen molar-refractivity contribution in [2.24, 2.45) is 5.41 Å². The molecule has 0 unspecified atom stereocenters. The zero-order valence-corrected chi connectivity index (χ0v) is 18.4. The van der Waals surface area contributed by atoms with E-state index >= 15 is 0 Å². The summed E-state index contributed by atoms with van der Waals surface area (Å²) in [6, 6.07) is 5.52. The largest absolute Gasteiger partial charge is 0.456 e. The van der Waals surface area contributed by atoms with Gasteiger partial charge >= 0.3 is 5.97 Å². The molecule has 5 rings (SSSR count). The van der Waals surface area contributed by atoms with E-state index in [1.807, 2.05) is 25.1 Å². The maximum atomic E-state index is 11.7. The van der Waals surface area contributed by atoms with Gasteiger partial charge in [-0.25, -0.2) is 9.78 Å². The van der Waals surface area contributed by atoms with Gasteiger partial charge in [-0.2, -0.15) is 4.68 Å². The quantitative estimate of drug-likeness (QED) is 0.685. The Kier molecular flexibility index (Phi) is 5.64. The minimum Gasteiger partial charge on any atom is -0.456 e. The van der Waals surface area contributed by atoms with Gasteiger partial charge in [0.05, 0.1) is 17.0 Å². The van der Waals surface area contributed by atoms with E-state index in [1.165, 1.54) is 11.0 Å². The smallest absolute Gasteiger partial charge is 0.335 e. The van der Waals surface area contributed by atoms with Crippen LogP contribution in [0.15, 0.2) is 35.8 Å². The third-order valence-corrected chi connectivity index (χ3v) is 7.31. The summed E-state index contributed by atoms with van der Waals surface area (Å²) in [6.07, 6.45) is 5.40. The molecule has 2 aromatic heterocycles. The summed E-state index contributed by atoms with van der Waals surface area (Å²) < 4.78 is 6.67. The average molecular weight is 440 g/mol. The number of esters is 1. The second-order valence-electron chi connectivity index (χ2n) is 9.13. The molecule has 0 radical (unpaired) electrons. The Morgan fingerprint density at radius 3 is 2.56 bits per heavy atom. The molecule has 0 aromatic carbocycles. The van der Waals surface area contributed by atoms with Crippen LogP contribution in [-0.4, -0.2) is 85.4 Å². The van der Waals surface area contributed by atoms with E-state index in [0.29, 0.717) is 30.1 Å². The number of aliphatic hydroxyl groups is 1. The average Bonchev–Trinajstić information content (AvgIpc) is 3.47. The number of pyridine rings is 1. The van der Waals surface area contributed by atoms with Crippen molar-refractivity contribution < 1.29 is 14.6 Å². The fourth-order valence-electron chi connectivity index (χ4n) is 5.11. The van der Waals surface area contributed by atoms with Crippen LogP contribution >= 0.6 is 0 Å². The van der Waals surface area contributed by atoms with Gasteiger partial charge in [-0.3, -0.25) is 0 Å². The van der Waals surface area contributed by atoms with Crippen molar-refractivity contribution in [2.45, 2.75) is 38.7 Å². The number of likely N-dealkylation sites (tertiary alicyclic amines) is 2. The van der Waals surface area contributed by atoms with Gasteiger partial charge < -0.3 is 19.6 Å². The summed E-state index contributed by atoms with van der Waals surface area (Å²) in [7, 11) is 0. The third kappa shape index (κ3) is 4.12. The standard InChI is InChI=1S/C22H29N7O3/c1-16-18(14-32-21(16)31)28-11-7-22(8-12-28)5-9-27(10-6-22)13-19(30)17-3-2-4-20(24-17)29-15-23-25-26-29/h2-4,15,19,30H,5-14H2,1H3/t19-/m1/s1. The van der Waals surface area contributed by atoms with Gasteiger partial charge in [0.2, 0.25) is 0 Å². The second-order valence-corrected chi connectivity index (χ2v) is 9.13. The second kappa shape index (κ2) is 8.59. The Morgan fingerprint density at radius 2 is 1.91 bits per heavy atom. The van der Waals surface area contributed by atoms with Crippen molar-refractivity contribution in [1.82, 2.24) is 35.0 Å². The molecule has 0 amide bonds. The number of aromatic nitrogens is 5. The Labute approximate surface area is 186 Å². The normalized spacial score (nSPS) is 22.4. The summed E-state index contributed by atoms with van der Waals surface area (Å²) in [5.41, 5.74) is 2.83. The van der Waals surface area contributed by atoms with Crippen LogP contribution in [-0.2, 0) is 9.53 Å². The molecule has 0 bridgehead atoms. The Balaban J connectivity index is 1.14. The summed E-state index contributed by atoms with van der Waals surface area (Å²) >= 11 is 0. The van der Waals surface area contributed by atoms with Crippen LogP contribution in [0.5, 0.6) is 0 Å². The van der Waals surface area contributed by atoms with Gasteiger partial charge in [-0.15, -0.1) is 5.10 Å². The number of tetrazole rings is 1. The minimum absolute atomic E-state index is 0.176. The van der Waals surface area contributed by atoms with Gasteiger partial charge in [-0.1, -0.05) is 6.07 Å². The first-order valence-electron chi connectivity index (χ1n) is 11.3. The molecule has 2 aromatic rings. The van der Waals surface area contributed by atoms with Crippen molar-refractivity contribution in [3.63, 3.8) is 0 Å². The third-order valence-electron chi connectivity index (χ3n) is 7.31. The van der Waals surface area contributed by atoms with Gasteiger partial charge in [0.25, 0.3) is 0 Å². The highest BCUT2D eigenvalue weighted by atomic mass is 16.5. The molecule has 1 spiro atoms. The van der Waals surface area contributed by atoms with Gasteiger partial charge in [0.15, 0.2) is 5.82 Å². The molecule has 3 aliphatic rings. The number of piperidine rings is 2. The van der Waals surface area contributed by atoms with E-state index in [1.54, 1.807) is 0 Å². The number of carbonyl (C=O) groups is 1. The van der Waals surface area contributed by atoms with Crippen LogP contribution in [0.3, 0.4) is 0 Å². The van der Waals surface area contributed by atoms with E-state index in [0.717, 1.165) is 63.1 Å². The lowest BCUT2D eigenvalue weighted by atomic mass is 9.71. The number of rotatable bonds is 5. The molecule has 1 atom stereocenters. The molecule has 0 saturated carbocycles. The van der Waals surface area contributed by atoms with E-state index in [-0.39, 0.29) is 5.97 Å². The van der Waals surface area contributed by atoms with Crippen LogP contribution in [0, 0.1) is 5.41 Å². The van der Waals surface area contributed by atoms with Crippen molar-refractivity contribution >= 4 is 5.97 Å². The number of β-amino-alcohol motifs (C(OH)–C–C–N with tert-alkyl or cyclic N) is 1. The summed E-state index contributed by atoms with van der Waals surface area (Å²) in [6.45, 7) is 6.79. The molecular formula is C22H29N7O3. The zero-order valence-electron chi connectivity index (χ0n) is 18.4. The molecule has 32 heavy (non-hydrogen) atoms. The first kappa shape index (κ1) is 21.0. The fraction of sp³-hybridized carbons (Fsp3) is 0.591. The first-order chi connectivity index (χ1) is 15.5. The van der Waals surface area contributed by atoms with Crippen molar-refractivity contribution in [3.05, 3.63) is 41.5 Å². The highest BCUT2D eigenvalue weighted by Crippen LogP contribution is 2.42. The predicted octanol–water partition coefficient (Wildman–Crippen LogP) is 1.10. The van der Waals surface area contributed by atoms with Crippen LogP contribution in [0.1, 0.15) is 44.4 Å². The lowest BCUT2D eigenvalue weighted by Gasteiger charge is -2.47. The molecule has 1 N–H and O–H groups in total. The fourth-order valence-corrected chi connectivity index (χ4v) is 5.11. The first-order valence-corrected chi connectivity index (χ1v) is 11.3. The summed E-state index contributed by atoms with van der Waals surface area (Å²) in [5.74, 6) is 0.417. The van der Waals surface area contributed by atoms with Gasteiger partial charge in [-0.05, 0) is 73.7 Å². The molecule has 2 saturated heterocycles. The monoisotopic (exact) mass is 439 g/mol. The summed E-state index contributed by atoms with van der Waals surface area (Å²) in [4.78, 5) is 20.9. The highest BCUT2D eigenvalue weighted by Gasteiger charge is 2.39. The lowest BCUT2D eigenvalue weighted by molar-refractivity contribution is -0.136. The molecular weight excluding hydrogens is 410 g/mol. The van der Waals surface area contributed by atoms with Crippen molar-refractivity contribution in [2.75, 3.05) is 39.3 Å². The van der Waals surface area contributed by atoms with Crippen LogP contribution in [0.25, 0.3) is 5.82 Å². The maximum Gasteiger partial charge on any atom is 0.335 e. The zero-order chi connectivity index (χ0) is 22.1. The van der Waals surface area contributed by atoms with E-state index in [4.69, 9.17) is 4.74 Å². The van der Waals surface area contributed by atoms with Crippen molar-refractivity contribution in [3.8, 4) is 5.82 Å². The summed E-state index contributed by atoms with van der Waals surface area (Å²) in [5, 5.41) is 21.9. The molecule has 2 fully saturated rings. The number of nitrogens with zero attached hydrogens (tertiary/aromatic N) is 7. The number of aliphatic hydroxyl groups excluding tert-OH is 1. The van der Waals surface area contributed by atoms with E-state index in [9.17, 15) is 9.90 Å². The molecule has 10 heteroatoms. The topological polar surface area (TPSA) is 110 Å². The number of hydrogen-bond acceptors (Lipinski definition) is 9. The number of cyclic esters (lactones) is 1. The lowest BCUT2D eigenvalue weighted by Crippen LogP contribution is -2.47. The van der Waals surface area contributed by atoms with E-state index < -0.39 is 6.10 Å². The molecule has 3 aliphatic heterocycles. The Morgan fingerprint density at radius 1 is 1.16 bits per heavy atom. The van der Waals surface area contributed by atoms with Crippen LogP contribution in [0.4, 0.5) is 0 Å². The molecule has 0 aliphatic carbocycles. The number of ether oxygens (including phenoxy) is 1. The van der Waals surface area contributed by atoms with Crippen LogP contribution < -0.4 is 0 Å². The van der Waals surface area contributed by atoms with Gasteiger partial charge in [0, 0.05) is 19.6 Å². The van der Waals surface area contributed by atoms with E-state index in [2.05, 4.69) is 30.3 Å². The number of carbonyl (C=O) groups excluding carboxylic acids is 1. The SMILES string of the molecule is CC1=C(N2CCC3(CCN(C[C@@H](O)c4cccc(-n5cnnn5)n4)CC3)CC2)COC1=O. The minimum atomic E-state index is -0.655. The molecule has 170 valence electrons. The molecule has 5 heterocycles. The predicted molar refractivity (Wildman–Crippen MR) is 114 cm³/mol.